The van der Waals surface area contributed by atoms with Gasteiger partial charge in [0, 0.05) is 5.56 Å². The first-order valence-corrected chi connectivity index (χ1v) is 5.36. The minimum Gasteiger partial charge on any atom is -0.494 e. The molecule has 1 aromatic rings. The molecule has 0 N–H and O–H groups in total. The molecule has 3 nitrogen and oxygen atoms in total. The zero-order chi connectivity index (χ0) is 12.0. The summed E-state index contributed by atoms with van der Waals surface area (Å²) in [7, 11) is 0. The van der Waals surface area contributed by atoms with Crippen LogP contribution in [0.4, 0.5) is 0 Å². The maximum Gasteiger partial charge on any atom is 0.225 e. The van der Waals surface area contributed by atoms with Crippen LogP contribution in [-0.4, -0.2) is 18.7 Å². The maximum absolute atomic E-state index is 11.0. The van der Waals surface area contributed by atoms with Crippen LogP contribution in [0.5, 0.6) is 5.75 Å². The second kappa shape index (κ2) is 6.05. The largest absolute Gasteiger partial charge is 0.494 e. The van der Waals surface area contributed by atoms with Gasteiger partial charge in [0.05, 0.1) is 6.61 Å². The first kappa shape index (κ1) is 12.4. The number of hydrogen-bond donors (Lipinski definition) is 0. The van der Waals surface area contributed by atoms with Gasteiger partial charge in [-0.1, -0.05) is 13.8 Å². The molecule has 0 bridgehead atoms. The van der Waals surface area contributed by atoms with Gasteiger partial charge in [0.25, 0.3) is 0 Å². The molecule has 0 aliphatic rings. The van der Waals surface area contributed by atoms with Crippen molar-refractivity contribution in [3.05, 3.63) is 29.8 Å². The molecule has 16 heavy (non-hydrogen) atoms. The van der Waals surface area contributed by atoms with Gasteiger partial charge in [-0.3, -0.25) is 9.59 Å². The predicted octanol–water partition coefficient (Wildman–Crippen LogP) is 2.49. The standard InChI is InChI=1S/C13H16O3/c1-10(2)7-8-16-12-5-3-11(4-6-12)13(15)9-14/h3-6,9-10H,7-8H2,1-2H3. The van der Waals surface area contributed by atoms with E-state index in [0.29, 0.717) is 24.4 Å². The Hall–Kier alpha value is -1.64. The van der Waals surface area contributed by atoms with E-state index >= 15 is 0 Å². The van der Waals surface area contributed by atoms with Crippen molar-refractivity contribution in [1.82, 2.24) is 0 Å². The Bertz CT molecular complexity index is 352. The van der Waals surface area contributed by atoms with E-state index in [1.54, 1.807) is 24.3 Å². The highest BCUT2D eigenvalue weighted by Crippen LogP contribution is 2.13. The summed E-state index contributed by atoms with van der Waals surface area (Å²) >= 11 is 0. The number of hydrogen-bond acceptors (Lipinski definition) is 3. The molecule has 1 aromatic carbocycles. The normalized spacial score (nSPS) is 10.2. The monoisotopic (exact) mass is 220 g/mol. The molecule has 0 aliphatic heterocycles. The minimum atomic E-state index is -0.506. The minimum absolute atomic E-state index is 0.314. The molecule has 0 spiro atoms. The first-order valence-electron chi connectivity index (χ1n) is 5.36. The average Bonchev–Trinajstić information content (AvgIpc) is 2.28. The van der Waals surface area contributed by atoms with Crippen LogP contribution in [0, 0.1) is 5.92 Å². The summed E-state index contributed by atoms with van der Waals surface area (Å²) in [4.78, 5) is 21.3. The van der Waals surface area contributed by atoms with E-state index in [1.807, 2.05) is 0 Å². The van der Waals surface area contributed by atoms with E-state index in [2.05, 4.69) is 13.8 Å². The van der Waals surface area contributed by atoms with Crippen molar-refractivity contribution in [3.63, 3.8) is 0 Å². The van der Waals surface area contributed by atoms with Gasteiger partial charge in [-0.15, -0.1) is 0 Å². The number of ketones is 1. The average molecular weight is 220 g/mol. The van der Waals surface area contributed by atoms with Crippen molar-refractivity contribution in [1.29, 1.82) is 0 Å². The molecular weight excluding hydrogens is 204 g/mol. The third kappa shape index (κ3) is 3.85. The summed E-state index contributed by atoms with van der Waals surface area (Å²) < 4.78 is 5.49. The van der Waals surface area contributed by atoms with Gasteiger partial charge in [-0.25, -0.2) is 0 Å². The van der Waals surface area contributed by atoms with E-state index in [1.165, 1.54) is 0 Å². The van der Waals surface area contributed by atoms with Gasteiger partial charge < -0.3 is 4.74 Å². The van der Waals surface area contributed by atoms with Crippen LogP contribution < -0.4 is 4.74 Å². The Kier molecular flexibility index (Phi) is 4.70. The van der Waals surface area contributed by atoms with Crippen molar-refractivity contribution < 1.29 is 14.3 Å². The molecule has 0 saturated heterocycles. The summed E-state index contributed by atoms with van der Waals surface area (Å²) in [5, 5.41) is 0. The van der Waals surface area contributed by atoms with E-state index in [-0.39, 0.29) is 0 Å². The van der Waals surface area contributed by atoms with E-state index in [4.69, 9.17) is 4.74 Å². The maximum atomic E-state index is 11.0. The van der Waals surface area contributed by atoms with Crippen LogP contribution in [0.25, 0.3) is 0 Å². The van der Waals surface area contributed by atoms with E-state index < -0.39 is 5.78 Å². The Labute approximate surface area is 95.4 Å². The Morgan fingerprint density at radius 2 is 1.94 bits per heavy atom. The summed E-state index contributed by atoms with van der Waals surface area (Å²) in [5.74, 6) is 0.827. The van der Waals surface area contributed by atoms with Crippen molar-refractivity contribution in [2.24, 2.45) is 5.92 Å². The SMILES string of the molecule is CC(C)CCOc1ccc(C(=O)C=O)cc1. The van der Waals surface area contributed by atoms with E-state index in [9.17, 15) is 9.59 Å². The topological polar surface area (TPSA) is 43.4 Å². The Morgan fingerprint density at radius 3 is 2.44 bits per heavy atom. The molecular formula is C13H16O3. The second-order valence-electron chi connectivity index (χ2n) is 4.04. The fourth-order valence-electron chi connectivity index (χ4n) is 1.20. The zero-order valence-corrected chi connectivity index (χ0v) is 9.60. The third-order valence-electron chi connectivity index (χ3n) is 2.21. The second-order valence-corrected chi connectivity index (χ2v) is 4.04. The molecule has 0 radical (unpaired) electrons. The highest BCUT2D eigenvalue weighted by Gasteiger charge is 2.03. The fraction of sp³-hybridized carbons (Fsp3) is 0.385. The predicted molar refractivity (Wildman–Crippen MR) is 61.8 cm³/mol. The first-order chi connectivity index (χ1) is 7.63. The number of rotatable bonds is 6. The van der Waals surface area contributed by atoms with Gasteiger partial charge in [-0.2, -0.15) is 0 Å². The molecule has 0 aromatic heterocycles. The van der Waals surface area contributed by atoms with Crippen LogP contribution in [-0.2, 0) is 4.79 Å². The molecule has 0 atom stereocenters. The summed E-state index contributed by atoms with van der Waals surface area (Å²) in [6.07, 6.45) is 1.31. The molecule has 0 aliphatic carbocycles. The number of aldehydes is 1. The fourth-order valence-corrected chi connectivity index (χ4v) is 1.20. The molecule has 0 amide bonds. The van der Waals surface area contributed by atoms with Crippen molar-refractivity contribution in [2.75, 3.05) is 6.61 Å². The third-order valence-corrected chi connectivity index (χ3v) is 2.21. The summed E-state index contributed by atoms with van der Waals surface area (Å²) in [6, 6.07) is 6.61. The number of carbonyl (C=O) groups is 2. The molecule has 3 heteroatoms. The molecule has 86 valence electrons. The number of ether oxygens (including phenoxy) is 1. The van der Waals surface area contributed by atoms with Gasteiger partial charge >= 0.3 is 0 Å². The van der Waals surface area contributed by atoms with Crippen molar-refractivity contribution in [2.45, 2.75) is 20.3 Å². The van der Waals surface area contributed by atoms with Crippen LogP contribution in [0.15, 0.2) is 24.3 Å². The lowest BCUT2D eigenvalue weighted by Crippen LogP contribution is -2.02. The highest BCUT2D eigenvalue weighted by atomic mass is 16.5. The number of benzene rings is 1. The zero-order valence-electron chi connectivity index (χ0n) is 9.60. The van der Waals surface area contributed by atoms with Crippen LogP contribution >= 0.6 is 0 Å². The van der Waals surface area contributed by atoms with Crippen LogP contribution in [0.1, 0.15) is 30.6 Å². The van der Waals surface area contributed by atoms with Crippen LogP contribution in [0.3, 0.4) is 0 Å². The number of Topliss-reactive ketones (excluding diaryl/α,β-unsaturated/α-hetero) is 1. The lowest BCUT2D eigenvalue weighted by atomic mass is 10.1. The van der Waals surface area contributed by atoms with Crippen molar-refractivity contribution in [3.8, 4) is 5.75 Å². The Balaban J connectivity index is 2.51. The molecule has 0 fully saturated rings. The smallest absolute Gasteiger partial charge is 0.225 e. The highest BCUT2D eigenvalue weighted by molar-refractivity contribution is 6.33. The molecule has 1 rings (SSSR count). The lowest BCUT2D eigenvalue weighted by molar-refractivity contribution is -0.104. The summed E-state index contributed by atoms with van der Waals surface area (Å²) in [6.45, 7) is 4.93. The molecule has 0 unspecified atom stereocenters. The van der Waals surface area contributed by atoms with Crippen molar-refractivity contribution >= 4 is 12.1 Å². The van der Waals surface area contributed by atoms with Gasteiger partial charge in [0.15, 0.2) is 6.29 Å². The van der Waals surface area contributed by atoms with Gasteiger partial charge in [0.1, 0.15) is 5.75 Å². The number of carbonyl (C=O) groups excluding carboxylic acids is 2. The molecule has 0 saturated carbocycles. The van der Waals surface area contributed by atoms with Crippen LogP contribution in [0.2, 0.25) is 0 Å². The van der Waals surface area contributed by atoms with Gasteiger partial charge in [-0.05, 0) is 36.6 Å². The summed E-state index contributed by atoms with van der Waals surface area (Å²) in [5.41, 5.74) is 0.395. The van der Waals surface area contributed by atoms with E-state index in [0.717, 1.165) is 12.2 Å². The Morgan fingerprint density at radius 1 is 1.31 bits per heavy atom. The molecule has 0 heterocycles. The lowest BCUT2D eigenvalue weighted by Gasteiger charge is -2.07. The van der Waals surface area contributed by atoms with Gasteiger partial charge in [0.2, 0.25) is 5.78 Å². The quantitative estimate of drug-likeness (QED) is 0.420.